The average molecular weight is 382 g/mol. The molecule has 1 aromatic carbocycles. The van der Waals surface area contributed by atoms with Gasteiger partial charge in [-0.2, -0.15) is 0 Å². The molecule has 8 heteroatoms. The molecule has 0 bridgehead atoms. The molecular weight excluding hydrogens is 372 g/mol. The van der Waals surface area contributed by atoms with E-state index in [4.69, 9.17) is 23.1 Å². The van der Waals surface area contributed by atoms with Crippen LogP contribution >= 0.6 is 34.2 Å². The summed E-state index contributed by atoms with van der Waals surface area (Å²) in [5, 5.41) is 2.51. The Hall–Kier alpha value is -1.35. The Morgan fingerprint density at radius 1 is 1.22 bits per heavy atom. The maximum Gasteiger partial charge on any atom is 0.253 e. The van der Waals surface area contributed by atoms with Crippen molar-refractivity contribution < 1.29 is 14.4 Å². The highest BCUT2D eigenvalue weighted by Crippen LogP contribution is 2.17. The fourth-order valence-corrected chi connectivity index (χ4v) is 1.92. The number of nitrogens with two attached hydrogens (primary N) is 2. The summed E-state index contributed by atoms with van der Waals surface area (Å²) in [6.45, 7) is 0. The molecular formula is C10H9ClIN3O3. The smallest absolute Gasteiger partial charge is 0.253 e. The van der Waals surface area contributed by atoms with Crippen LogP contribution in [0.15, 0.2) is 18.2 Å². The molecule has 0 fully saturated rings. The van der Waals surface area contributed by atoms with E-state index in [-0.39, 0.29) is 5.56 Å². The average Bonchev–Trinajstić information content (AvgIpc) is 2.28. The molecule has 0 unspecified atom stereocenters. The number of hydrogen-bond acceptors (Lipinski definition) is 3. The Bertz CT molecular complexity index is 507. The molecule has 0 aliphatic rings. The number of primary amides is 2. The van der Waals surface area contributed by atoms with Gasteiger partial charge < -0.3 is 16.8 Å². The molecule has 96 valence electrons. The van der Waals surface area contributed by atoms with E-state index in [0.717, 1.165) is 0 Å². The van der Waals surface area contributed by atoms with Crippen molar-refractivity contribution in [2.24, 2.45) is 11.5 Å². The number of rotatable bonds is 4. The molecule has 0 aromatic heterocycles. The molecule has 3 amide bonds. The fourth-order valence-electron chi connectivity index (χ4n) is 1.16. The van der Waals surface area contributed by atoms with Crippen molar-refractivity contribution in [3.05, 3.63) is 32.4 Å². The van der Waals surface area contributed by atoms with E-state index in [1.54, 1.807) is 12.1 Å². The van der Waals surface area contributed by atoms with Crippen molar-refractivity contribution in [1.29, 1.82) is 0 Å². The van der Waals surface area contributed by atoms with Gasteiger partial charge in [0, 0.05) is 8.59 Å². The van der Waals surface area contributed by atoms with Crippen LogP contribution < -0.4 is 16.8 Å². The topological polar surface area (TPSA) is 115 Å². The van der Waals surface area contributed by atoms with E-state index in [1.165, 1.54) is 6.07 Å². The molecule has 5 N–H and O–H groups in total. The van der Waals surface area contributed by atoms with Gasteiger partial charge in [-0.15, -0.1) is 0 Å². The van der Waals surface area contributed by atoms with Gasteiger partial charge >= 0.3 is 0 Å². The summed E-state index contributed by atoms with van der Waals surface area (Å²) < 4.78 is 0.613. The quantitative estimate of drug-likeness (QED) is 0.504. The zero-order valence-corrected chi connectivity index (χ0v) is 11.9. The van der Waals surface area contributed by atoms with Crippen LogP contribution in [0.2, 0.25) is 5.02 Å². The van der Waals surface area contributed by atoms with E-state index in [9.17, 15) is 14.4 Å². The maximum absolute atomic E-state index is 11.8. The zero-order chi connectivity index (χ0) is 13.9. The van der Waals surface area contributed by atoms with E-state index in [0.29, 0.717) is 8.59 Å². The molecule has 1 rings (SSSR count). The monoisotopic (exact) mass is 381 g/mol. The third-order valence-electron chi connectivity index (χ3n) is 2.02. The number of hydrogen-bond donors (Lipinski definition) is 3. The molecule has 1 aromatic rings. The second-order valence-corrected chi connectivity index (χ2v) is 4.93. The molecule has 0 saturated carbocycles. The summed E-state index contributed by atoms with van der Waals surface area (Å²) in [6.07, 6.45) is 0. The van der Waals surface area contributed by atoms with Crippen molar-refractivity contribution in [1.82, 2.24) is 5.32 Å². The second kappa shape index (κ2) is 6.01. The van der Waals surface area contributed by atoms with Crippen molar-refractivity contribution >= 4 is 51.9 Å². The minimum absolute atomic E-state index is 0.232. The fraction of sp³-hybridized carbons (Fsp3) is 0.100. The lowest BCUT2D eigenvalue weighted by Gasteiger charge is -2.12. The van der Waals surface area contributed by atoms with Crippen LogP contribution in [0.1, 0.15) is 10.4 Å². The summed E-state index contributed by atoms with van der Waals surface area (Å²) in [5.41, 5.74) is 10.1. The van der Waals surface area contributed by atoms with Crippen LogP contribution in [0.5, 0.6) is 0 Å². The lowest BCUT2D eigenvalue weighted by Crippen LogP contribution is -2.52. The number of benzene rings is 1. The van der Waals surface area contributed by atoms with Crippen LogP contribution in [0, 0.1) is 3.57 Å². The van der Waals surface area contributed by atoms with Crippen LogP contribution in [0.3, 0.4) is 0 Å². The lowest BCUT2D eigenvalue weighted by atomic mass is 10.2. The summed E-state index contributed by atoms with van der Waals surface area (Å²) in [5.74, 6) is -2.69. The highest BCUT2D eigenvalue weighted by molar-refractivity contribution is 14.1. The van der Waals surface area contributed by atoms with Gasteiger partial charge in [-0.3, -0.25) is 14.4 Å². The van der Waals surface area contributed by atoms with Gasteiger partial charge in [0.2, 0.25) is 11.8 Å². The molecule has 0 aliphatic heterocycles. The highest BCUT2D eigenvalue weighted by atomic mass is 127. The predicted octanol–water partition coefficient (Wildman–Crippen LogP) is 0.0136. The van der Waals surface area contributed by atoms with Gasteiger partial charge in [0.05, 0.1) is 5.56 Å². The minimum Gasteiger partial charge on any atom is -0.367 e. The number of halogens is 2. The Balaban J connectivity index is 2.97. The summed E-state index contributed by atoms with van der Waals surface area (Å²) in [4.78, 5) is 33.7. The molecule has 18 heavy (non-hydrogen) atoms. The van der Waals surface area contributed by atoms with Gasteiger partial charge in [0.25, 0.3) is 5.91 Å². The van der Waals surface area contributed by atoms with Crippen molar-refractivity contribution in [2.45, 2.75) is 6.04 Å². The van der Waals surface area contributed by atoms with Gasteiger partial charge in [0.1, 0.15) is 0 Å². The van der Waals surface area contributed by atoms with E-state index in [1.807, 2.05) is 22.6 Å². The Kier molecular flexibility index (Phi) is 4.91. The van der Waals surface area contributed by atoms with Crippen LogP contribution in [0.4, 0.5) is 0 Å². The normalized spacial score (nSPS) is 10.2. The number of carbonyl (C=O) groups is 3. The molecule has 0 saturated heterocycles. The van der Waals surface area contributed by atoms with Crippen molar-refractivity contribution in [2.75, 3.05) is 0 Å². The second-order valence-electron chi connectivity index (χ2n) is 3.34. The molecule has 0 atom stereocenters. The van der Waals surface area contributed by atoms with E-state index in [2.05, 4.69) is 5.32 Å². The van der Waals surface area contributed by atoms with Gasteiger partial charge in [0.15, 0.2) is 6.04 Å². The first-order valence-electron chi connectivity index (χ1n) is 4.67. The summed E-state index contributed by atoms with van der Waals surface area (Å²) in [6, 6.07) is 3.10. The number of amides is 3. The van der Waals surface area contributed by atoms with Crippen LogP contribution in [0.25, 0.3) is 0 Å². The maximum atomic E-state index is 11.8. The molecule has 0 aliphatic carbocycles. The van der Waals surface area contributed by atoms with Gasteiger partial charge in [-0.25, -0.2) is 0 Å². The van der Waals surface area contributed by atoms with Gasteiger partial charge in [-0.1, -0.05) is 11.6 Å². The predicted molar refractivity (Wildman–Crippen MR) is 73.8 cm³/mol. The lowest BCUT2D eigenvalue weighted by molar-refractivity contribution is -0.128. The number of nitrogens with one attached hydrogen (secondary N) is 1. The highest BCUT2D eigenvalue weighted by Gasteiger charge is 2.25. The van der Waals surface area contributed by atoms with Crippen LogP contribution in [-0.4, -0.2) is 23.8 Å². The molecule has 0 heterocycles. The zero-order valence-electron chi connectivity index (χ0n) is 8.94. The summed E-state index contributed by atoms with van der Waals surface area (Å²) >= 11 is 7.68. The third kappa shape index (κ3) is 3.57. The minimum atomic E-state index is -1.55. The first kappa shape index (κ1) is 14.7. The van der Waals surface area contributed by atoms with E-state index >= 15 is 0 Å². The van der Waals surface area contributed by atoms with E-state index < -0.39 is 23.8 Å². The summed E-state index contributed by atoms with van der Waals surface area (Å²) in [7, 11) is 0. The van der Waals surface area contributed by atoms with Crippen molar-refractivity contribution in [3.63, 3.8) is 0 Å². The molecule has 6 nitrogen and oxygen atoms in total. The molecule has 0 spiro atoms. The Morgan fingerprint density at radius 2 is 1.78 bits per heavy atom. The first-order chi connectivity index (χ1) is 8.32. The molecule has 0 radical (unpaired) electrons. The largest absolute Gasteiger partial charge is 0.367 e. The Morgan fingerprint density at radius 3 is 2.28 bits per heavy atom. The van der Waals surface area contributed by atoms with Gasteiger partial charge in [-0.05, 0) is 40.8 Å². The SMILES string of the molecule is NC(=O)C(NC(=O)c1cc(Cl)ccc1I)C(N)=O. The third-order valence-corrected chi connectivity index (χ3v) is 3.19. The first-order valence-corrected chi connectivity index (χ1v) is 6.13. The van der Waals surface area contributed by atoms with Crippen LogP contribution in [-0.2, 0) is 9.59 Å². The standard InChI is InChI=1S/C10H9ClIN3O3/c11-4-1-2-6(12)5(3-4)10(18)15-7(8(13)16)9(14)17/h1-3,7H,(H2,13,16)(H2,14,17)(H,15,18). The van der Waals surface area contributed by atoms with Crippen molar-refractivity contribution in [3.8, 4) is 0 Å². The Labute approximate surface area is 121 Å². The number of carbonyl (C=O) groups excluding carboxylic acids is 3.